The highest BCUT2D eigenvalue weighted by Crippen LogP contribution is 2.23. The number of anilines is 1. The number of nitrogens with zero attached hydrogens (tertiary/aromatic N) is 3. The number of carbonyl (C=O) groups excluding carboxylic acids is 1. The average Bonchev–Trinajstić information content (AvgIpc) is 2.97. The number of aromatic nitrogens is 3. The first-order valence-corrected chi connectivity index (χ1v) is 8.97. The highest BCUT2D eigenvalue weighted by atomic mass is 32.2. The summed E-state index contributed by atoms with van der Waals surface area (Å²) < 4.78 is 27.5. The van der Waals surface area contributed by atoms with Crippen molar-refractivity contribution in [1.29, 1.82) is 0 Å². The van der Waals surface area contributed by atoms with Gasteiger partial charge in [0.05, 0.1) is 5.25 Å². The van der Waals surface area contributed by atoms with E-state index >= 15 is 0 Å². The third kappa shape index (κ3) is 4.82. The summed E-state index contributed by atoms with van der Waals surface area (Å²) in [4.78, 5) is 12.3. The Bertz CT molecular complexity index is 945. The normalized spacial score (nSPS) is 12.0. The molecule has 2 aromatic carbocycles. The van der Waals surface area contributed by atoms with Gasteiger partial charge in [-0.2, -0.15) is 0 Å². The van der Waals surface area contributed by atoms with Crippen molar-refractivity contribution in [1.82, 2.24) is 14.9 Å². The lowest BCUT2D eigenvalue weighted by Crippen LogP contribution is -2.24. The summed E-state index contributed by atoms with van der Waals surface area (Å²) in [5.41, 5.74) is 1.21. The quantitative estimate of drug-likeness (QED) is 0.500. The van der Waals surface area contributed by atoms with Crippen molar-refractivity contribution < 1.29 is 13.6 Å². The number of carbonyl (C=O) groups is 1. The van der Waals surface area contributed by atoms with E-state index in [-0.39, 0.29) is 11.7 Å². The first kappa shape index (κ1) is 18.8. The Hall–Kier alpha value is -2.94. The van der Waals surface area contributed by atoms with Crippen LogP contribution in [0.3, 0.4) is 0 Å². The average molecular weight is 389 g/mol. The minimum absolute atomic E-state index is 0.311. The molecular weight excluding hydrogens is 372 g/mol. The highest BCUT2D eigenvalue weighted by molar-refractivity contribution is 8.00. The fraction of sp³-hybridized carbons (Fsp3) is 0.167. The van der Waals surface area contributed by atoms with Crippen LogP contribution in [0.4, 0.5) is 14.5 Å². The second-order valence-corrected chi connectivity index (χ2v) is 7.14. The molecule has 0 aliphatic rings. The summed E-state index contributed by atoms with van der Waals surface area (Å²) in [7, 11) is 0. The molecule has 0 unspecified atom stereocenters. The van der Waals surface area contributed by atoms with Crippen LogP contribution < -0.4 is 11.2 Å². The fourth-order valence-corrected chi connectivity index (χ4v) is 3.10. The van der Waals surface area contributed by atoms with Crippen LogP contribution in [0.15, 0.2) is 53.7 Å². The molecule has 0 bridgehead atoms. The van der Waals surface area contributed by atoms with Gasteiger partial charge in [0.25, 0.3) is 0 Å². The Balaban J connectivity index is 1.64. The van der Waals surface area contributed by atoms with Gasteiger partial charge in [-0.05, 0) is 42.8 Å². The number of halogens is 2. The molecule has 0 aliphatic carbocycles. The first-order valence-electron chi connectivity index (χ1n) is 8.09. The number of thioether (sulfide) groups is 1. The highest BCUT2D eigenvalue weighted by Gasteiger charge is 2.19. The van der Waals surface area contributed by atoms with E-state index in [2.05, 4.69) is 15.5 Å². The van der Waals surface area contributed by atoms with E-state index in [1.165, 1.54) is 35.0 Å². The Kier molecular flexibility index (Phi) is 5.70. The van der Waals surface area contributed by atoms with Crippen molar-refractivity contribution in [3.8, 4) is 0 Å². The minimum atomic E-state index is -0.529. The molecule has 1 heterocycles. The van der Waals surface area contributed by atoms with Crippen LogP contribution in [-0.2, 0) is 11.2 Å². The molecule has 0 fully saturated rings. The maximum absolute atomic E-state index is 13.2. The summed E-state index contributed by atoms with van der Waals surface area (Å²) >= 11 is 1.13. The fourth-order valence-electron chi connectivity index (χ4n) is 2.31. The third-order valence-electron chi connectivity index (χ3n) is 3.75. The zero-order valence-electron chi connectivity index (χ0n) is 14.4. The van der Waals surface area contributed by atoms with Gasteiger partial charge < -0.3 is 11.2 Å². The molecule has 1 aromatic heterocycles. The monoisotopic (exact) mass is 389 g/mol. The maximum atomic E-state index is 13.2. The SMILES string of the molecule is C[C@@H](Sc1nnc(Cc2ccc(F)cc2)n1N)C(=O)Nc1cccc(F)c1. The molecule has 27 heavy (non-hydrogen) atoms. The topological polar surface area (TPSA) is 85.8 Å². The van der Waals surface area contributed by atoms with E-state index in [0.29, 0.717) is 23.1 Å². The molecule has 0 spiro atoms. The Morgan fingerprint density at radius 2 is 1.93 bits per heavy atom. The number of hydrogen-bond donors (Lipinski definition) is 2. The van der Waals surface area contributed by atoms with Gasteiger partial charge in [0.1, 0.15) is 11.6 Å². The molecule has 140 valence electrons. The third-order valence-corrected chi connectivity index (χ3v) is 4.81. The lowest BCUT2D eigenvalue weighted by molar-refractivity contribution is -0.115. The molecule has 3 aromatic rings. The van der Waals surface area contributed by atoms with Crippen LogP contribution in [0.5, 0.6) is 0 Å². The standard InChI is InChI=1S/C18H17F2N5OS/c1-11(17(26)22-15-4-2-3-14(20)10-15)27-18-24-23-16(25(18)21)9-12-5-7-13(19)8-6-12/h2-8,10-11H,9,21H2,1H3,(H,22,26)/t11-/m1/s1. The van der Waals surface area contributed by atoms with Crippen LogP contribution in [0, 0.1) is 11.6 Å². The number of nitrogens with one attached hydrogen (secondary N) is 1. The molecule has 3 rings (SSSR count). The second-order valence-electron chi connectivity index (χ2n) is 5.83. The van der Waals surface area contributed by atoms with Crippen LogP contribution in [0.1, 0.15) is 18.3 Å². The summed E-state index contributed by atoms with van der Waals surface area (Å²) in [6, 6.07) is 11.7. The molecule has 1 amide bonds. The zero-order valence-corrected chi connectivity index (χ0v) is 15.2. The molecule has 6 nitrogen and oxygen atoms in total. The molecule has 0 saturated heterocycles. The molecule has 0 saturated carbocycles. The van der Waals surface area contributed by atoms with Gasteiger partial charge in [0, 0.05) is 12.1 Å². The van der Waals surface area contributed by atoms with Crippen molar-refractivity contribution in [2.45, 2.75) is 23.8 Å². The molecule has 0 radical (unpaired) electrons. The summed E-state index contributed by atoms with van der Waals surface area (Å²) in [5.74, 6) is 5.45. The second kappa shape index (κ2) is 8.17. The maximum Gasteiger partial charge on any atom is 0.237 e. The van der Waals surface area contributed by atoms with Gasteiger partial charge in [0.15, 0.2) is 5.82 Å². The summed E-state index contributed by atoms with van der Waals surface area (Å²) in [6.07, 6.45) is 0.383. The Morgan fingerprint density at radius 1 is 1.19 bits per heavy atom. The molecule has 9 heteroatoms. The number of benzene rings is 2. The van der Waals surface area contributed by atoms with Crippen molar-refractivity contribution in [2.75, 3.05) is 11.2 Å². The number of amides is 1. The van der Waals surface area contributed by atoms with Gasteiger partial charge in [0.2, 0.25) is 11.1 Å². The van der Waals surface area contributed by atoms with E-state index in [0.717, 1.165) is 17.3 Å². The van der Waals surface area contributed by atoms with Crippen LogP contribution in [0.2, 0.25) is 0 Å². The van der Waals surface area contributed by atoms with Gasteiger partial charge in [-0.15, -0.1) is 10.2 Å². The smallest absolute Gasteiger partial charge is 0.237 e. The number of rotatable bonds is 6. The van der Waals surface area contributed by atoms with Crippen molar-refractivity contribution in [2.24, 2.45) is 0 Å². The van der Waals surface area contributed by atoms with E-state index in [9.17, 15) is 13.6 Å². The summed E-state index contributed by atoms with van der Waals surface area (Å²) in [5, 5.41) is 10.5. The van der Waals surface area contributed by atoms with Crippen molar-refractivity contribution in [3.63, 3.8) is 0 Å². The van der Waals surface area contributed by atoms with Gasteiger partial charge >= 0.3 is 0 Å². The molecule has 1 atom stereocenters. The van der Waals surface area contributed by atoms with Crippen molar-refractivity contribution >= 4 is 23.4 Å². The lowest BCUT2D eigenvalue weighted by atomic mass is 10.1. The van der Waals surface area contributed by atoms with E-state index in [4.69, 9.17) is 5.84 Å². The van der Waals surface area contributed by atoms with E-state index in [1.54, 1.807) is 25.1 Å². The van der Waals surface area contributed by atoms with Gasteiger partial charge in [-0.1, -0.05) is 30.0 Å². The van der Waals surface area contributed by atoms with Crippen LogP contribution in [0.25, 0.3) is 0 Å². The largest absolute Gasteiger partial charge is 0.336 e. The van der Waals surface area contributed by atoms with E-state index in [1.807, 2.05) is 0 Å². The molecule has 0 aliphatic heterocycles. The number of nitrogens with two attached hydrogens (primary N) is 1. The predicted molar refractivity (Wildman–Crippen MR) is 99.7 cm³/mol. The van der Waals surface area contributed by atoms with E-state index < -0.39 is 11.1 Å². The van der Waals surface area contributed by atoms with Crippen molar-refractivity contribution in [3.05, 3.63) is 71.6 Å². The van der Waals surface area contributed by atoms with Crippen LogP contribution in [-0.4, -0.2) is 26.0 Å². The Morgan fingerprint density at radius 3 is 2.63 bits per heavy atom. The molecule has 3 N–H and O–H groups in total. The Labute approximate surface area is 158 Å². The predicted octanol–water partition coefficient (Wildman–Crippen LogP) is 2.98. The zero-order chi connectivity index (χ0) is 19.4. The minimum Gasteiger partial charge on any atom is -0.336 e. The first-order chi connectivity index (χ1) is 12.9. The summed E-state index contributed by atoms with van der Waals surface area (Å²) in [6.45, 7) is 1.69. The molecular formula is C18H17F2N5OS. The van der Waals surface area contributed by atoms with Crippen LogP contribution >= 0.6 is 11.8 Å². The van der Waals surface area contributed by atoms with Gasteiger partial charge in [-0.3, -0.25) is 4.79 Å². The number of nitrogen functional groups attached to an aromatic ring is 1. The lowest BCUT2D eigenvalue weighted by Gasteiger charge is -2.11. The van der Waals surface area contributed by atoms with Gasteiger partial charge in [-0.25, -0.2) is 13.5 Å². The number of hydrogen-bond acceptors (Lipinski definition) is 5.